The van der Waals surface area contributed by atoms with Crippen LogP contribution in [0.4, 0.5) is 10.5 Å². The highest BCUT2D eigenvalue weighted by Gasteiger charge is 2.55. The van der Waals surface area contributed by atoms with E-state index in [9.17, 15) is 19.2 Å². The van der Waals surface area contributed by atoms with Crippen LogP contribution in [0, 0.1) is 5.92 Å². The van der Waals surface area contributed by atoms with Crippen molar-refractivity contribution in [2.24, 2.45) is 5.92 Å². The zero-order valence-corrected chi connectivity index (χ0v) is 20.8. The average Bonchev–Trinajstić information content (AvgIpc) is 3.30. The highest BCUT2D eigenvalue weighted by molar-refractivity contribution is 6.10. The van der Waals surface area contributed by atoms with Crippen LogP contribution in [0.25, 0.3) is 0 Å². The highest BCUT2D eigenvalue weighted by atomic mass is 16.2. The lowest BCUT2D eigenvalue weighted by molar-refractivity contribution is -0.142. The second kappa shape index (κ2) is 9.41. The van der Waals surface area contributed by atoms with Gasteiger partial charge < -0.3 is 15.5 Å². The summed E-state index contributed by atoms with van der Waals surface area (Å²) in [6, 6.07) is 14.6. The fourth-order valence-corrected chi connectivity index (χ4v) is 5.69. The first-order valence-corrected chi connectivity index (χ1v) is 12.7. The van der Waals surface area contributed by atoms with Gasteiger partial charge in [0.15, 0.2) is 0 Å². The smallest absolute Gasteiger partial charge is 0.325 e. The summed E-state index contributed by atoms with van der Waals surface area (Å²) in [5.41, 5.74) is 2.43. The fraction of sp³-hybridized carbons (Fsp3) is 0.429. The molecule has 0 bridgehead atoms. The average molecular weight is 489 g/mol. The molecular weight excluding hydrogens is 456 g/mol. The van der Waals surface area contributed by atoms with Gasteiger partial charge in [0.2, 0.25) is 11.8 Å². The fourth-order valence-electron chi connectivity index (χ4n) is 5.69. The van der Waals surface area contributed by atoms with E-state index >= 15 is 0 Å². The predicted molar refractivity (Wildman–Crippen MR) is 135 cm³/mol. The molecular formula is C28H32N4O4. The van der Waals surface area contributed by atoms with Crippen molar-refractivity contribution in [1.82, 2.24) is 15.1 Å². The van der Waals surface area contributed by atoms with Crippen molar-refractivity contribution in [3.05, 3.63) is 65.2 Å². The number of carbonyl (C=O) groups excluding carboxylic acids is 4. The summed E-state index contributed by atoms with van der Waals surface area (Å²) in [5, 5.41) is 5.66. The molecule has 2 aromatic carbocycles. The van der Waals surface area contributed by atoms with Crippen LogP contribution >= 0.6 is 0 Å². The van der Waals surface area contributed by atoms with Gasteiger partial charge in [-0.25, -0.2) is 4.79 Å². The molecule has 2 N–H and O–H groups in total. The molecule has 8 heteroatoms. The Morgan fingerprint density at radius 1 is 1.14 bits per heavy atom. The predicted octanol–water partition coefficient (Wildman–Crippen LogP) is 3.56. The van der Waals surface area contributed by atoms with Crippen LogP contribution < -0.4 is 10.6 Å². The molecule has 2 aliphatic carbocycles. The molecule has 2 aromatic rings. The van der Waals surface area contributed by atoms with Crippen molar-refractivity contribution >= 4 is 29.4 Å². The summed E-state index contributed by atoms with van der Waals surface area (Å²) < 4.78 is 0. The molecule has 1 saturated heterocycles. The number of fused-ring (bicyclic) bond motifs is 2. The number of carbonyl (C=O) groups is 4. The zero-order chi connectivity index (χ0) is 25.4. The monoisotopic (exact) mass is 488 g/mol. The summed E-state index contributed by atoms with van der Waals surface area (Å²) in [5.74, 6) is -0.327. The summed E-state index contributed by atoms with van der Waals surface area (Å²) in [7, 11) is 0. The van der Waals surface area contributed by atoms with Gasteiger partial charge in [-0.3, -0.25) is 19.3 Å². The first kappa shape index (κ1) is 24.0. The molecule has 1 spiro atoms. The third kappa shape index (κ3) is 4.25. The lowest BCUT2D eigenvalue weighted by atomic mass is 9.79. The molecule has 1 heterocycles. The number of rotatable bonds is 7. The van der Waals surface area contributed by atoms with Crippen molar-refractivity contribution < 1.29 is 19.2 Å². The number of aryl methyl sites for hydroxylation is 1. The van der Waals surface area contributed by atoms with Crippen molar-refractivity contribution in [3.63, 3.8) is 0 Å². The molecule has 2 atom stereocenters. The third-order valence-electron chi connectivity index (χ3n) is 7.99. The molecule has 5 rings (SSSR count). The van der Waals surface area contributed by atoms with E-state index in [4.69, 9.17) is 0 Å². The zero-order valence-electron chi connectivity index (χ0n) is 20.8. The molecule has 0 unspecified atom stereocenters. The lowest BCUT2D eigenvalue weighted by Crippen LogP contribution is -2.49. The second-order valence-electron chi connectivity index (χ2n) is 10.2. The van der Waals surface area contributed by atoms with Crippen LogP contribution in [0.1, 0.15) is 56.2 Å². The summed E-state index contributed by atoms with van der Waals surface area (Å²) >= 11 is 0. The maximum atomic E-state index is 13.6. The third-order valence-corrected chi connectivity index (χ3v) is 7.99. The van der Waals surface area contributed by atoms with Crippen LogP contribution in [0.3, 0.4) is 0 Å². The molecule has 188 valence electrons. The number of imide groups is 1. The van der Waals surface area contributed by atoms with E-state index in [1.165, 1.54) is 6.92 Å². The van der Waals surface area contributed by atoms with Crippen molar-refractivity contribution in [1.29, 1.82) is 0 Å². The van der Waals surface area contributed by atoms with Gasteiger partial charge in [-0.15, -0.1) is 0 Å². The van der Waals surface area contributed by atoms with Gasteiger partial charge in [-0.05, 0) is 67.3 Å². The van der Waals surface area contributed by atoms with Gasteiger partial charge in [0.25, 0.3) is 5.91 Å². The molecule has 0 radical (unpaired) electrons. The Morgan fingerprint density at radius 2 is 1.86 bits per heavy atom. The van der Waals surface area contributed by atoms with Crippen molar-refractivity contribution in [2.45, 2.75) is 64.1 Å². The molecule has 8 nitrogen and oxygen atoms in total. The minimum absolute atomic E-state index is 0.0109. The van der Waals surface area contributed by atoms with Crippen LogP contribution in [0.15, 0.2) is 48.5 Å². The largest absolute Gasteiger partial charge is 0.334 e. The van der Waals surface area contributed by atoms with Gasteiger partial charge in [-0.2, -0.15) is 0 Å². The highest BCUT2D eigenvalue weighted by Crippen LogP contribution is 2.41. The first-order chi connectivity index (χ1) is 17.3. The SMILES string of the molecule is CC(=O)Nc1ccc(CN(C(=O)CN2C(=O)N[C@@]3(CCc4ccccc43)C2=O)[C@@H](C)C2CCC2)cc1. The standard InChI is InChI=1S/C28H32N4O4/c1-18(21-7-5-8-21)31(16-20-10-12-23(13-11-20)29-19(2)33)25(34)17-32-26(35)28(30-27(32)36)15-14-22-6-3-4-9-24(22)28/h3-4,6,9-13,18,21H,5,7-8,14-17H2,1-2H3,(H,29,33)(H,30,36)/t18-,28+/m0/s1. The van der Waals surface area contributed by atoms with Gasteiger partial charge in [0.05, 0.1) is 0 Å². The molecule has 2 fully saturated rings. The van der Waals surface area contributed by atoms with Crippen molar-refractivity contribution in [2.75, 3.05) is 11.9 Å². The first-order valence-electron chi connectivity index (χ1n) is 12.7. The summed E-state index contributed by atoms with van der Waals surface area (Å²) in [4.78, 5) is 54.4. The maximum Gasteiger partial charge on any atom is 0.325 e. The quantitative estimate of drug-likeness (QED) is 0.582. The van der Waals surface area contributed by atoms with Crippen LogP contribution in [0.2, 0.25) is 0 Å². The summed E-state index contributed by atoms with van der Waals surface area (Å²) in [6.45, 7) is 3.59. The number of hydrogen-bond donors (Lipinski definition) is 2. The van der Waals surface area contributed by atoms with E-state index in [1.807, 2.05) is 55.5 Å². The second-order valence-corrected chi connectivity index (χ2v) is 10.2. The number of urea groups is 1. The minimum atomic E-state index is -1.07. The van der Waals surface area contributed by atoms with E-state index in [2.05, 4.69) is 10.6 Å². The van der Waals surface area contributed by atoms with Gasteiger partial charge in [0.1, 0.15) is 12.1 Å². The number of nitrogens with one attached hydrogen (secondary N) is 2. The molecule has 5 amide bonds. The van der Waals surface area contributed by atoms with E-state index < -0.39 is 11.6 Å². The minimum Gasteiger partial charge on any atom is -0.334 e. The molecule has 0 aromatic heterocycles. The Morgan fingerprint density at radius 3 is 2.53 bits per heavy atom. The molecule has 1 saturated carbocycles. The van der Waals surface area contributed by atoms with E-state index in [-0.39, 0.29) is 30.3 Å². The van der Waals surface area contributed by atoms with Gasteiger partial charge in [0, 0.05) is 25.2 Å². The Hall–Kier alpha value is -3.68. The van der Waals surface area contributed by atoms with Crippen molar-refractivity contribution in [3.8, 4) is 0 Å². The number of benzene rings is 2. The Kier molecular flexibility index (Phi) is 6.28. The molecule has 3 aliphatic rings. The Bertz CT molecular complexity index is 1210. The topological polar surface area (TPSA) is 98.8 Å². The number of nitrogens with zero attached hydrogens (tertiary/aromatic N) is 2. The van der Waals surface area contributed by atoms with E-state index in [0.29, 0.717) is 31.0 Å². The number of hydrogen-bond acceptors (Lipinski definition) is 4. The normalized spacial score (nSPS) is 21.7. The summed E-state index contributed by atoms with van der Waals surface area (Å²) in [6.07, 6.45) is 4.50. The number of anilines is 1. The number of amides is 5. The lowest BCUT2D eigenvalue weighted by Gasteiger charge is -2.39. The van der Waals surface area contributed by atoms with E-state index in [0.717, 1.165) is 40.9 Å². The molecule has 1 aliphatic heterocycles. The van der Waals surface area contributed by atoms with Crippen LogP contribution in [-0.4, -0.2) is 46.1 Å². The Labute approximate surface area is 211 Å². The van der Waals surface area contributed by atoms with Gasteiger partial charge in [-0.1, -0.05) is 42.8 Å². The maximum absolute atomic E-state index is 13.6. The Balaban J connectivity index is 1.34. The van der Waals surface area contributed by atoms with Crippen LogP contribution in [-0.2, 0) is 32.9 Å². The van der Waals surface area contributed by atoms with Gasteiger partial charge >= 0.3 is 6.03 Å². The van der Waals surface area contributed by atoms with E-state index in [1.54, 1.807) is 4.90 Å². The van der Waals surface area contributed by atoms with Crippen LogP contribution in [0.5, 0.6) is 0 Å². The molecule has 36 heavy (non-hydrogen) atoms.